The Kier molecular flexibility index (Phi) is 5.11. The fourth-order valence-electron chi connectivity index (χ4n) is 2.10. The summed E-state index contributed by atoms with van der Waals surface area (Å²) in [5.74, 6) is -1.31. The number of anilines is 1. The van der Waals surface area contributed by atoms with Crippen molar-refractivity contribution >= 4 is 17.7 Å². The van der Waals surface area contributed by atoms with Crippen molar-refractivity contribution in [2.24, 2.45) is 0 Å². The maximum absolute atomic E-state index is 13.1. The van der Waals surface area contributed by atoms with Crippen LogP contribution in [0.2, 0.25) is 0 Å². The van der Waals surface area contributed by atoms with E-state index in [-0.39, 0.29) is 11.9 Å². The Morgan fingerprint density at radius 1 is 1.30 bits per heavy atom. The van der Waals surface area contributed by atoms with Gasteiger partial charge in [0, 0.05) is 30.9 Å². The lowest BCUT2D eigenvalue weighted by atomic mass is 10.1. The number of hydrogen-bond donors (Lipinski definition) is 1. The first-order valence-corrected chi connectivity index (χ1v) is 7.28. The monoisotopic (exact) mass is 314 g/mol. The van der Waals surface area contributed by atoms with Crippen molar-refractivity contribution in [2.75, 3.05) is 11.9 Å². The highest BCUT2D eigenvalue weighted by atomic mass is 19.1. The first kappa shape index (κ1) is 16.7. The van der Waals surface area contributed by atoms with Crippen LogP contribution in [-0.2, 0) is 4.79 Å². The SMILES string of the molecule is CC(C)N(C)c1cc(/C=C/C(=O)O)cnc1-c1ccc(F)cc1. The van der Waals surface area contributed by atoms with Gasteiger partial charge in [-0.15, -0.1) is 0 Å². The smallest absolute Gasteiger partial charge is 0.328 e. The topological polar surface area (TPSA) is 53.4 Å². The summed E-state index contributed by atoms with van der Waals surface area (Å²) in [5.41, 5.74) is 3.09. The molecular weight excluding hydrogens is 295 g/mol. The number of aliphatic carboxylic acids is 1. The molecule has 0 fully saturated rings. The fraction of sp³-hybridized carbons (Fsp3) is 0.222. The summed E-state index contributed by atoms with van der Waals surface area (Å²) in [5, 5.41) is 8.75. The van der Waals surface area contributed by atoms with E-state index >= 15 is 0 Å². The molecule has 0 aliphatic rings. The van der Waals surface area contributed by atoms with Crippen LogP contribution < -0.4 is 4.90 Å². The van der Waals surface area contributed by atoms with Crippen molar-refractivity contribution in [3.63, 3.8) is 0 Å². The molecule has 5 heteroatoms. The fourth-order valence-corrected chi connectivity index (χ4v) is 2.10. The molecule has 23 heavy (non-hydrogen) atoms. The highest BCUT2D eigenvalue weighted by Crippen LogP contribution is 2.30. The Labute approximate surface area is 134 Å². The van der Waals surface area contributed by atoms with Crippen molar-refractivity contribution < 1.29 is 14.3 Å². The van der Waals surface area contributed by atoms with Crippen LogP contribution in [0, 0.1) is 5.82 Å². The first-order chi connectivity index (χ1) is 10.9. The van der Waals surface area contributed by atoms with Crippen molar-refractivity contribution in [1.29, 1.82) is 0 Å². The summed E-state index contributed by atoms with van der Waals surface area (Å²) < 4.78 is 13.1. The number of carboxylic acid groups (broad SMARTS) is 1. The Morgan fingerprint density at radius 3 is 2.52 bits per heavy atom. The predicted molar refractivity (Wildman–Crippen MR) is 89.8 cm³/mol. The van der Waals surface area contributed by atoms with E-state index in [2.05, 4.69) is 4.98 Å². The summed E-state index contributed by atoms with van der Waals surface area (Å²) in [6.07, 6.45) is 4.19. The number of hydrogen-bond acceptors (Lipinski definition) is 3. The van der Waals surface area contributed by atoms with Crippen LogP contribution in [0.5, 0.6) is 0 Å². The quantitative estimate of drug-likeness (QED) is 0.852. The Balaban J connectivity index is 2.52. The molecule has 0 saturated carbocycles. The summed E-state index contributed by atoms with van der Waals surface area (Å²) in [6.45, 7) is 4.10. The molecule has 0 unspecified atom stereocenters. The van der Waals surface area contributed by atoms with Gasteiger partial charge in [-0.3, -0.25) is 4.98 Å². The largest absolute Gasteiger partial charge is 0.478 e. The third-order valence-electron chi connectivity index (χ3n) is 3.58. The van der Waals surface area contributed by atoms with E-state index in [1.807, 2.05) is 31.9 Å². The van der Waals surface area contributed by atoms with Gasteiger partial charge in [-0.2, -0.15) is 0 Å². The number of carboxylic acids is 1. The standard InChI is InChI=1S/C18H19FN2O2/c1-12(2)21(3)16-10-13(4-9-17(22)23)11-20-18(16)14-5-7-15(19)8-6-14/h4-12H,1-3H3,(H,22,23)/b9-4+. The third kappa shape index (κ3) is 4.16. The molecule has 2 aromatic rings. The minimum atomic E-state index is -1.01. The second-order valence-corrected chi connectivity index (χ2v) is 5.52. The molecule has 0 atom stereocenters. The first-order valence-electron chi connectivity index (χ1n) is 7.28. The van der Waals surface area contributed by atoms with E-state index in [4.69, 9.17) is 5.11 Å². The van der Waals surface area contributed by atoms with Gasteiger partial charge in [0.05, 0.1) is 11.4 Å². The highest BCUT2D eigenvalue weighted by Gasteiger charge is 2.14. The van der Waals surface area contributed by atoms with Gasteiger partial charge in [-0.25, -0.2) is 9.18 Å². The highest BCUT2D eigenvalue weighted by molar-refractivity contribution is 5.86. The maximum atomic E-state index is 13.1. The Morgan fingerprint density at radius 2 is 1.96 bits per heavy atom. The molecule has 120 valence electrons. The number of pyridine rings is 1. The Bertz CT molecular complexity index is 724. The maximum Gasteiger partial charge on any atom is 0.328 e. The van der Waals surface area contributed by atoms with Gasteiger partial charge < -0.3 is 10.0 Å². The lowest BCUT2D eigenvalue weighted by Gasteiger charge is -2.26. The van der Waals surface area contributed by atoms with E-state index in [0.29, 0.717) is 5.56 Å². The average Bonchev–Trinajstić information content (AvgIpc) is 2.52. The van der Waals surface area contributed by atoms with Crippen molar-refractivity contribution in [3.8, 4) is 11.3 Å². The molecule has 0 amide bonds. The number of carbonyl (C=O) groups is 1. The molecule has 2 rings (SSSR count). The summed E-state index contributed by atoms with van der Waals surface area (Å²) in [4.78, 5) is 17.2. The van der Waals surface area contributed by atoms with E-state index < -0.39 is 5.97 Å². The van der Waals surface area contributed by atoms with Crippen LogP contribution >= 0.6 is 0 Å². The summed E-state index contributed by atoms with van der Waals surface area (Å²) in [7, 11) is 1.94. The lowest BCUT2D eigenvalue weighted by molar-refractivity contribution is -0.131. The molecule has 0 aliphatic carbocycles. The average molecular weight is 314 g/mol. The lowest BCUT2D eigenvalue weighted by Crippen LogP contribution is -2.26. The molecule has 0 radical (unpaired) electrons. The molecule has 1 heterocycles. The number of benzene rings is 1. The molecule has 1 aromatic carbocycles. The van der Waals surface area contributed by atoms with Crippen LogP contribution in [-0.4, -0.2) is 29.1 Å². The number of halogens is 1. The number of rotatable bonds is 5. The van der Waals surface area contributed by atoms with Gasteiger partial charge in [0.1, 0.15) is 5.82 Å². The van der Waals surface area contributed by atoms with Crippen LogP contribution in [0.3, 0.4) is 0 Å². The van der Waals surface area contributed by atoms with E-state index in [0.717, 1.165) is 23.0 Å². The zero-order valence-electron chi connectivity index (χ0n) is 13.3. The molecule has 1 N–H and O–H groups in total. The minimum Gasteiger partial charge on any atom is -0.478 e. The van der Waals surface area contributed by atoms with E-state index in [1.54, 1.807) is 18.3 Å². The van der Waals surface area contributed by atoms with Gasteiger partial charge in [0.2, 0.25) is 0 Å². The van der Waals surface area contributed by atoms with Gasteiger partial charge >= 0.3 is 5.97 Å². The predicted octanol–water partition coefficient (Wildman–Crippen LogP) is 3.83. The van der Waals surface area contributed by atoms with Crippen molar-refractivity contribution in [1.82, 2.24) is 4.98 Å². The second-order valence-electron chi connectivity index (χ2n) is 5.52. The van der Waals surface area contributed by atoms with Gasteiger partial charge in [-0.1, -0.05) is 0 Å². The molecule has 4 nitrogen and oxygen atoms in total. The molecule has 0 aliphatic heterocycles. The summed E-state index contributed by atoms with van der Waals surface area (Å²) >= 11 is 0. The van der Waals surface area contributed by atoms with Crippen molar-refractivity contribution in [3.05, 3.63) is 54.0 Å². The van der Waals surface area contributed by atoms with Gasteiger partial charge in [0.25, 0.3) is 0 Å². The zero-order valence-corrected chi connectivity index (χ0v) is 13.3. The van der Waals surface area contributed by atoms with E-state index in [9.17, 15) is 9.18 Å². The number of nitrogens with zero attached hydrogens (tertiary/aromatic N) is 2. The summed E-state index contributed by atoms with van der Waals surface area (Å²) in [6, 6.07) is 8.27. The third-order valence-corrected chi connectivity index (χ3v) is 3.58. The van der Waals surface area contributed by atoms with Gasteiger partial charge in [-0.05, 0) is 55.8 Å². The van der Waals surface area contributed by atoms with Crippen molar-refractivity contribution in [2.45, 2.75) is 19.9 Å². The van der Waals surface area contributed by atoms with Crippen LogP contribution in [0.1, 0.15) is 19.4 Å². The Hall–Kier alpha value is -2.69. The van der Waals surface area contributed by atoms with E-state index in [1.165, 1.54) is 18.2 Å². The second kappa shape index (κ2) is 7.05. The van der Waals surface area contributed by atoms with Crippen LogP contribution in [0.25, 0.3) is 17.3 Å². The van der Waals surface area contributed by atoms with Gasteiger partial charge in [0.15, 0.2) is 0 Å². The molecule has 0 bridgehead atoms. The normalized spacial score (nSPS) is 11.2. The minimum absolute atomic E-state index is 0.231. The number of aromatic nitrogens is 1. The molecular formula is C18H19FN2O2. The zero-order chi connectivity index (χ0) is 17.0. The molecule has 0 saturated heterocycles. The molecule has 0 spiro atoms. The molecule has 1 aromatic heterocycles. The van der Waals surface area contributed by atoms with Crippen LogP contribution in [0.4, 0.5) is 10.1 Å². The van der Waals surface area contributed by atoms with Crippen LogP contribution in [0.15, 0.2) is 42.6 Å².